The molecule has 1 aliphatic heterocycles. The summed E-state index contributed by atoms with van der Waals surface area (Å²) < 4.78 is 0.572. The van der Waals surface area contributed by atoms with Crippen LogP contribution >= 0.6 is 31.9 Å². The lowest BCUT2D eigenvalue weighted by Gasteiger charge is -2.02. The lowest BCUT2D eigenvalue weighted by molar-refractivity contribution is 0.257. The Balaban J connectivity index is 2.82. The zero-order valence-corrected chi connectivity index (χ0v) is 7.39. The first-order chi connectivity index (χ1) is 4.20. The number of carbonyl (C=O) groups is 1. The second kappa shape index (κ2) is 2.70. The molecule has 0 aromatic rings. The molecule has 1 atom stereocenters. The Hall–Kier alpha value is -0.0300. The van der Waals surface area contributed by atoms with Gasteiger partial charge in [-0.15, -0.1) is 0 Å². The van der Waals surface area contributed by atoms with Crippen molar-refractivity contribution in [1.82, 2.24) is 0 Å². The maximum Gasteiger partial charge on any atom is 0.367 e. The number of amides is 2. The van der Waals surface area contributed by atoms with E-state index in [0.717, 1.165) is 0 Å². The zero-order chi connectivity index (χ0) is 6.85. The van der Waals surface area contributed by atoms with Crippen molar-refractivity contribution in [2.24, 2.45) is 9.98 Å². The number of urea groups is 1. The van der Waals surface area contributed by atoms with Crippen LogP contribution < -0.4 is 0 Å². The van der Waals surface area contributed by atoms with Crippen molar-refractivity contribution in [3.63, 3.8) is 0 Å². The standard InChI is InChI=1S/C4H2Br2N2O/c5-2-1-7-4(9)8-3(2)6/h1-2H. The largest absolute Gasteiger partial charge is 0.367 e. The highest BCUT2D eigenvalue weighted by Crippen LogP contribution is 2.10. The fourth-order valence-corrected chi connectivity index (χ4v) is 0.863. The molecule has 9 heavy (non-hydrogen) atoms. The van der Waals surface area contributed by atoms with Crippen LogP contribution in [0.2, 0.25) is 0 Å². The summed E-state index contributed by atoms with van der Waals surface area (Å²) in [4.78, 5) is 17.3. The molecule has 2 amide bonds. The topological polar surface area (TPSA) is 41.8 Å². The van der Waals surface area contributed by atoms with Crippen molar-refractivity contribution in [2.45, 2.75) is 4.83 Å². The Labute approximate surface area is 68.5 Å². The third kappa shape index (κ3) is 1.69. The number of hydrogen-bond donors (Lipinski definition) is 0. The van der Waals surface area contributed by atoms with Gasteiger partial charge in [0.15, 0.2) is 0 Å². The molecule has 48 valence electrons. The van der Waals surface area contributed by atoms with Gasteiger partial charge in [-0.1, -0.05) is 15.9 Å². The highest BCUT2D eigenvalue weighted by atomic mass is 79.9. The van der Waals surface area contributed by atoms with Gasteiger partial charge in [-0.2, -0.15) is 4.99 Å². The molecular formula is C4H2Br2N2O. The quantitative estimate of drug-likeness (QED) is 0.607. The summed E-state index contributed by atoms with van der Waals surface area (Å²) in [6.07, 6.45) is 1.49. The average molecular weight is 254 g/mol. The van der Waals surface area contributed by atoms with E-state index < -0.39 is 6.03 Å². The zero-order valence-electron chi connectivity index (χ0n) is 4.21. The molecule has 5 heteroatoms. The predicted octanol–water partition coefficient (Wildman–Crippen LogP) is 1.75. The molecule has 1 unspecified atom stereocenters. The first-order valence-electron chi connectivity index (χ1n) is 2.16. The van der Waals surface area contributed by atoms with E-state index in [1.807, 2.05) is 0 Å². The van der Waals surface area contributed by atoms with Crippen molar-refractivity contribution >= 4 is 48.7 Å². The summed E-state index contributed by atoms with van der Waals surface area (Å²) in [5.74, 6) is 0. The Kier molecular flexibility index (Phi) is 2.13. The fraction of sp³-hybridized carbons (Fsp3) is 0.250. The number of nitrogens with zero attached hydrogens (tertiary/aromatic N) is 2. The number of rotatable bonds is 0. The Bertz CT molecular complexity index is 199. The number of aliphatic imine (C=N–C) groups is 2. The van der Waals surface area contributed by atoms with Crippen molar-refractivity contribution in [1.29, 1.82) is 0 Å². The molecular weight excluding hydrogens is 252 g/mol. The summed E-state index contributed by atoms with van der Waals surface area (Å²) in [5.41, 5.74) is 0. The van der Waals surface area contributed by atoms with Gasteiger partial charge < -0.3 is 0 Å². The average Bonchev–Trinajstić information content (AvgIpc) is 1.80. The van der Waals surface area contributed by atoms with E-state index in [1.165, 1.54) is 6.21 Å². The second-order valence-corrected chi connectivity index (χ2v) is 3.20. The lowest BCUT2D eigenvalue weighted by Crippen LogP contribution is -2.15. The molecule has 0 aliphatic carbocycles. The minimum atomic E-state index is -0.461. The van der Waals surface area contributed by atoms with Crippen LogP contribution in [-0.4, -0.2) is 21.7 Å². The monoisotopic (exact) mass is 252 g/mol. The van der Waals surface area contributed by atoms with Crippen LogP contribution in [0.4, 0.5) is 4.79 Å². The SMILES string of the molecule is O=C1N=CC(Br)C(Br)=N1. The minimum Gasteiger partial charge on any atom is -0.244 e. The second-order valence-electron chi connectivity index (χ2n) is 1.40. The smallest absolute Gasteiger partial charge is 0.244 e. The minimum absolute atomic E-state index is 0.0461. The van der Waals surface area contributed by atoms with Crippen LogP contribution in [0.3, 0.4) is 0 Å². The van der Waals surface area contributed by atoms with Crippen LogP contribution in [-0.2, 0) is 0 Å². The van der Waals surface area contributed by atoms with Gasteiger partial charge >= 0.3 is 6.03 Å². The molecule has 0 aromatic carbocycles. The van der Waals surface area contributed by atoms with E-state index in [9.17, 15) is 4.79 Å². The van der Waals surface area contributed by atoms with Crippen LogP contribution in [0.5, 0.6) is 0 Å². The van der Waals surface area contributed by atoms with Gasteiger partial charge in [-0.3, -0.25) is 0 Å². The van der Waals surface area contributed by atoms with Gasteiger partial charge in [0.05, 0.1) is 4.83 Å². The highest BCUT2D eigenvalue weighted by Gasteiger charge is 2.12. The summed E-state index contributed by atoms with van der Waals surface area (Å²) in [6, 6.07) is -0.461. The van der Waals surface area contributed by atoms with E-state index in [0.29, 0.717) is 4.62 Å². The number of carbonyl (C=O) groups excluding carboxylic acids is 1. The van der Waals surface area contributed by atoms with E-state index >= 15 is 0 Å². The van der Waals surface area contributed by atoms with E-state index in [1.54, 1.807) is 0 Å². The normalized spacial score (nSPS) is 26.2. The van der Waals surface area contributed by atoms with E-state index in [-0.39, 0.29) is 4.83 Å². The molecule has 3 nitrogen and oxygen atoms in total. The first kappa shape index (κ1) is 7.08. The van der Waals surface area contributed by atoms with E-state index in [2.05, 4.69) is 41.8 Å². The van der Waals surface area contributed by atoms with Gasteiger partial charge in [0.25, 0.3) is 0 Å². The Morgan fingerprint density at radius 3 is 2.78 bits per heavy atom. The Morgan fingerprint density at radius 1 is 1.67 bits per heavy atom. The van der Waals surface area contributed by atoms with Gasteiger partial charge in [-0.05, 0) is 15.9 Å². The van der Waals surface area contributed by atoms with Gasteiger partial charge in [-0.25, -0.2) is 9.79 Å². The molecule has 0 aromatic heterocycles. The van der Waals surface area contributed by atoms with Gasteiger partial charge in [0, 0.05) is 6.21 Å². The van der Waals surface area contributed by atoms with E-state index in [4.69, 9.17) is 0 Å². The molecule has 1 aliphatic rings. The number of hydrogen-bond acceptors (Lipinski definition) is 1. The van der Waals surface area contributed by atoms with Crippen molar-refractivity contribution in [3.05, 3.63) is 0 Å². The summed E-state index contributed by atoms with van der Waals surface area (Å²) >= 11 is 6.29. The van der Waals surface area contributed by atoms with Crippen molar-refractivity contribution < 1.29 is 4.79 Å². The Morgan fingerprint density at radius 2 is 2.33 bits per heavy atom. The molecule has 0 spiro atoms. The predicted molar refractivity (Wildman–Crippen MR) is 43.0 cm³/mol. The fourth-order valence-electron chi connectivity index (χ4n) is 0.373. The summed E-state index contributed by atoms with van der Waals surface area (Å²) in [5, 5.41) is 0. The van der Waals surface area contributed by atoms with Crippen LogP contribution in [0.25, 0.3) is 0 Å². The van der Waals surface area contributed by atoms with Crippen LogP contribution in [0.15, 0.2) is 9.98 Å². The van der Waals surface area contributed by atoms with Crippen molar-refractivity contribution in [2.75, 3.05) is 0 Å². The third-order valence-corrected chi connectivity index (χ3v) is 2.70. The number of halogens is 2. The molecule has 1 heterocycles. The molecule has 1 rings (SSSR count). The molecule has 0 bridgehead atoms. The molecule has 0 saturated heterocycles. The number of alkyl halides is 1. The van der Waals surface area contributed by atoms with Crippen LogP contribution in [0.1, 0.15) is 0 Å². The van der Waals surface area contributed by atoms with Gasteiger partial charge in [0.1, 0.15) is 4.62 Å². The molecule has 0 radical (unpaired) electrons. The summed E-state index contributed by atoms with van der Waals surface area (Å²) in [6.45, 7) is 0. The third-order valence-electron chi connectivity index (χ3n) is 0.746. The maximum absolute atomic E-state index is 10.4. The van der Waals surface area contributed by atoms with Gasteiger partial charge in [0.2, 0.25) is 0 Å². The first-order valence-corrected chi connectivity index (χ1v) is 3.87. The van der Waals surface area contributed by atoms with Crippen molar-refractivity contribution in [3.8, 4) is 0 Å². The molecule has 0 saturated carbocycles. The van der Waals surface area contributed by atoms with Crippen LogP contribution in [0, 0.1) is 0 Å². The maximum atomic E-state index is 10.4. The molecule has 0 fully saturated rings. The lowest BCUT2D eigenvalue weighted by atomic mass is 10.5. The summed E-state index contributed by atoms with van der Waals surface area (Å²) in [7, 11) is 0. The highest BCUT2D eigenvalue weighted by molar-refractivity contribution is 9.20. The molecule has 0 N–H and O–H groups in total.